The maximum Gasteiger partial charge on any atom is 0.401 e. The zero-order chi connectivity index (χ0) is 22.9. The molecule has 0 radical (unpaired) electrons. The third-order valence-corrected chi connectivity index (χ3v) is 5.11. The van der Waals surface area contributed by atoms with Crippen molar-refractivity contribution in [1.29, 1.82) is 0 Å². The van der Waals surface area contributed by atoms with Crippen molar-refractivity contribution in [2.24, 2.45) is 0 Å². The summed E-state index contributed by atoms with van der Waals surface area (Å²) in [5, 5.41) is 6.29. The Labute approximate surface area is 181 Å². The van der Waals surface area contributed by atoms with E-state index in [1.165, 1.54) is 14.2 Å². The van der Waals surface area contributed by atoms with Gasteiger partial charge in [0.25, 0.3) is 0 Å². The van der Waals surface area contributed by atoms with E-state index in [2.05, 4.69) is 15.5 Å². The topological polar surface area (TPSA) is 74.3 Å². The highest BCUT2D eigenvalue weighted by molar-refractivity contribution is 5.84. The lowest BCUT2D eigenvalue weighted by Gasteiger charge is -2.17. The Morgan fingerprint density at radius 3 is 2.41 bits per heavy atom. The fraction of sp³-hybridized carbons (Fsp3) is 0.273. The molecule has 32 heavy (non-hydrogen) atoms. The predicted molar refractivity (Wildman–Crippen MR) is 112 cm³/mol. The molecule has 0 amide bonds. The zero-order valence-corrected chi connectivity index (χ0v) is 17.7. The van der Waals surface area contributed by atoms with Gasteiger partial charge in [-0.15, -0.1) is 0 Å². The molecule has 0 saturated heterocycles. The summed E-state index contributed by atoms with van der Waals surface area (Å²) in [5.74, 6) is 0.820. The Morgan fingerprint density at radius 1 is 1.09 bits per heavy atom. The molecule has 1 N–H and O–H groups in total. The van der Waals surface area contributed by atoms with Crippen molar-refractivity contribution >= 4 is 11.0 Å². The van der Waals surface area contributed by atoms with Gasteiger partial charge in [-0.05, 0) is 24.6 Å². The Kier molecular flexibility index (Phi) is 5.79. The number of halogens is 3. The van der Waals surface area contributed by atoms with Crippen LogP contribution < -0.4 is 14.8 Å². The number of alkyl halides is 3. The number of hydrogen-bond acceptors (Lipinski definition) is 6. The highest BCUT2D eigenvalue weighted by Crippen LogP contribution is 2.34. The quantitative estimate of drug-likeness (QED) is 0.445. The van der Waals surface area contributed by atoms with Crippen LogP contribution in [0.4, 0.5) is 13.2 Å². The second-order valence-corrected chi connectivity index (χ2v) is 7.18. The van der Waals surface area contributed by atoms with E-state index < -0.39 is 12.7 Å². The number of benzene rings is 2. The normalized spacial score (nSPS) is 11.8. The highest BCUT2D eigenvalue weighted by Gasteiger charge is 2.27. The van der Waals surface area contributed by atoms with Crippen molar-refractivity contribution < 1.29 is 27.2 Å². The van der Waals surface area contributed by atoms with Gasteiger partial charge in [0, 0.05) is 24.2 Å². The largest absolute Gasteiger partial charge is 0.496 e. The maximum atomic E-state index is 12.5. The molecular weight excluding hydrogens is 425 g/mol. The van der Waals surface area contributed by atoms with E-state index in [-0.39, 0.29) is 6.54 Å². The monoisotopic (exact) mass is 446 g/mol. The van der Waals surface area contributed by atoms with Crippen LogP contribution in [0.25, 0.3) is 27.8 Å². The average molecular weight is 446 g/mol. The molecular formula is C22H21F3N4O3. The lowest BCUT2D eigenvalue weighted by molar-refractivity contribution is -0.125. The van der Waals surface area contributed by atoms with Crippen LogP contribution in [0.15, 0.2) is 47.4 Å². The van der Waals surface area contributed by atoms with Gasteiger partial charge in [-0.1, -0.05) is 11.2 Å². The van der Waals surface area contributed by atoms with Crippen LogP contribution in [0, 0.1) is 6.92 Å². The molecule has 0 atom stereocenters. The Balaban J connectivity index is 1.70. The third-order valence-electron chi connectivity index (χ3n) is 5.11. The van der Waals surface area contributed by atoms with Gasteiger partial charge in [0.2, 0.25) is 0 Å². The van der Waals surface area contributed by atoms with Gasteiger partial charge in [0.1, 0.15) is 24.1 Å². The molecule has 0 aliphatic carbocycles. The molecule has 10 heteroatoms. The fourth-order valence-electron chi connectivity index (χ4n) is 3.57. The number of nitrogens with one attached hydrogen (secondary N) is 1. The van der Waals surface area contributed by atoms with E-state index in [1.54, 1.807) is 24.7 Å². The van der Waals surface area contributed by atoms with E-state index in [1.807, 2.05) is 29.7 Å². The van der Waals surface area contributed by atoms with Crippen LogP contribution in [0.2, 0.25) is 0 Å². The summed E-state index contributed by atoms with van der Waals surface area (Å²) in [7, 11) is 2.93. The molecule has 0 saturated carbocycles. The summed E-state index contributed by atoms with van der Waals surface area (Å²) in [6.45, 7) is 0.699. The molecule has 4 aromatic rings. The van der Waals surface area contributed by atoms with Gasteiger partial charge in [0.15, 0.2) is 0 Å². The minimum Gasteiger partial charge on any atom is -0.496 e. The second-order valence-electron chi connectivity index (χ2n) is 7.18. The molecule has 0 bridgehead atoms. The number of methoxy groups -OCH3 is 2. The number of aromatic nitrogens is 3. The van der Waals surface area contributed by atoms with Crippen LogP contribution in [-0.4, -0.2) is 41.6 Å². The summed E-state index contributed by atoms with van der Waals surface area (Å²) in [5.41, 5.74) is 5.41. The standard InChI is InChI=1S/C22H21F3N4O3/c1-13-17(10-32-28-13)14-4-5-19-18(6-14)27-12-29(19)15-7-20(30-2)16(21(8-15)31-3)9-26-11-22(23,24)25/h4-8,10,12,26H,9,11H2,1-3H3. The molecule has 2 aromatic carbocycles. The number of ether oxygens (including phenoxy) is 2. The fourth-order valence-corrected chi connectivity index (χ4v) is 3.57. The van der Waals surface area contributed by atoms with Crippen LogP contribution in [-0.2, 0) is 6.54 Å². The molecule has 2 aromatic heterocycles. The zero-order valence-electron chi connectivity index (χ0n) is 17.7. The highest BCUT2D eigenvalue weighted by atomic mass is 19.4. The molecule has 0 spiro atoms. The summed E-state index contributed by atoms with van der Waals surface area (Å²) in [6.07, 6.45) is -1.04. The predicted octanol–water partition coefficient (Wildman–Crippen LogP) is 4.66. The number of rotatable bonds is 7. The van der Waals surface area contributed by atoms with Gasteiger partial charge < -0.3 is 19.3 Å². The van der Waals surface area contributed by atoms with Gasteiger partial charge in [0.05, 0.1) is 48.7 Å². The first-order chi connectivity index (χ1) is 15.3. The van der Waals surface area contributed by atoms with Gasteiger partial charge >= 0.3 is 6.18 Å². The maximum absolute atomic E-state index is 12.5. The molecule has 0 unspecified atom stereocenters. The first-order valence-corrected chi connectivity index (χ1v) is 9.72. The molecule has 4 rings (SSSR count). The number of hydrogen-bond donors (Lipinski definition) is 1. The van der Waals surface area contributed by atoms with Crippen LogP contribution in [0.1, 0.15) is 11.3 Å². The lowest BCUT2D eigenvalue weighted by Crippen LogP contribution is -2.28. The van der Waals surface area contributed by atoms with Crippen LogP contribution >= 0.6 is 0 Å². The number of imidazole rings is 1. The SMILES string of the molecule is COc1cc(-n2cnc3cc(-c4conc4C)ccc32)cc(OC)c1CNCC(F)(F)F. The van der Waals surface area contributed by atoms with E-state index >= 15 is 0 Å². The van der Waals surface area contributed by atoms with Crippen molar-refractivity contribution in [2.45, 2.75) is 19.6 Å². The van der Waals surface area contributed by atoms with Crippen molar-refractivity contribution in [3.05, 3.63) is 54.2 Å². The van der Waals surface area contributed by atoms with Crippen LogP contribution in [0.3, 0.4) is 0 Å². The number of aryl methyl sites for hydroxylation is 1. The lowest BCUT2D eigenvalue weighted by atomic mass is 10.1. The molecule has 0 fully saturated rings. The van der Waals surface area contributed by atoms with E-state index in [0.717, 1.165) is 27.9 Å². The van der Waals surface area contributed by atoms with E-state index in [4.69, 9.17) is 14.0 Å². The Morgan fingerprint density at radius 2 is 1.81 bits per heavy atom. The molecule has 2 heterocycles. The molecule has 0 aliphatic rings. The minimum atomic E-state index is -4.31. The summed E-state index contributed by atoms with van der Waals surface area (Å²) >= 11 is 0. The van der Waals surface area contributed by atoms with Crippen molar-refractivity contribution in [1.82, 2.24) is 20.0 Å². The second kappa shape index (κ2) is 8.54. The number of fused-ring (bicyclic) bond motifs is 1. The van der Waals surface area contributed by atoms with E-state index in [9.17, 15) is 13.2 Å². The molecule has 7 nitrogen and oxygen atoms in total. The molecule has 168 valence electrons. The summed E-state index contributed by atoms with van der Waals surface area (Å²) in [6, 6.07) is 9.31. The van der Waals surface area contributed by atoms with Crippen molar-refractivity contribution in [3.63, 3.8) is 0 Å². The Hall–Kier alpha value is -3.53. The van der Waals surface area contributed by atoms with Gasteiger partial charge in [-0.3, -0.25) is 4.57 Å². The molecule has 0 aliphatic heterocycles. The van der Waals surface area contributed by atoms with Crippen molar-refractivity contribution in [2.75, 3.05) is 20.8 Å². The summed E-state index contributed by atoms with van der Waals surface area (Å²) < 4.78 is 55.3. The Bertz CT molecular complexity index is 1220. The smallest absolute Gasteiger partial charge is 0.401 e. The third kappa shape index (κ3) is 4.26. The first-order valence-electron chi connectivity index (χ1n) is 9.72. The minimum absolute atomic E-state index is 0.0573. The van der Waals surface area contributed by atoms with Crippen molar-refractivity contribution in [3.8, 4) is 28.3 Å². The first kappa shape index (κ1) is 21.7. The summed E-state index contributed by atoms with van der Waals surface area (Å²) in [4.78, 5) is 4.50. The van der Waals surface area contributed by atoms with E-state index in [0.29, 0.717) is 22.7 Å². The van der Waals surface area contributed by atoms with Gasteiger partial charge in [-0.25, -0.2) is 4.98 Å². The average Bonchev–Trinajstić information content (AvgIpc) is 3.38. The number of nitrogens with zero attached hydrogens (tertiary/aromatic N) is 3. The van der Waals surface area contributed by atoms with Gasteiger partial charge in [-0.2, -0.15) is 13.2 Å². The van der Waals surface area contributed by atoms with Crippen LogP contribution in [0.5, 0.6) is 11.5 Å².